The van der Waals surface area contributed by atoms with Crippen LogP contribution < -0.4 is 16.2 Å². The van der Waals surface area contributed by atoms with Crippen molar-refractivity contribution in [1.82, 2.24) is 14.5 Å². The second-order valence-electron chi connectivity index (χ2n) is 13.4. The predicted octanol–water partition coefficient (Wildman–Crippen LogP) is 7.23. The highest BCUT2D eigenvalue weighted by Gasteiger charge is 2.27. The molecule has 3 N–H and O–H groups in total. The first kappa shape index (κ1) is 31.2. The lowest BCUT2D eigenvalue weighted by atomic mass is 9.86. The van der Waals surface area contributed by atoms with Crippen LogP contribution in [0.1, 0.15) is 62.8 Å². The maximum absolute atomic E-state index is 13.1. The zero-order valence-corrected chi connectivity index (χ0v) is 26.9. The second-order valence-corrected chi connectivity index (χ2v) is 13.4. The Labute approximate surface area is 261 Å². The SMILES string of the molecule is C=C(Nc1cccc(-c2cn(C)c(=O)c(Nc3ccc(CN4CCC(C)(O)CC4)cc3)n2)c1C)c1ccc(C(C)(C)C)cc1. The van der Waals surface area contributed by atoms with E-state index >= 15 is 0 Å². The zero-order valence-electron chi connectivity index (χ0n) is 26.9. The van der Waals surface area contributed by atoms with Crippen LogP contribution in [0.25, 0.3) is 17.0 Å². The summed E-state index contributed by atoms with van der Waals surface area (Å²) in [7, 11) is 1.75. The number of hydrogen-bond acceptors (Lipinski definition) is 6. The molecule has 4 aromatic rings. The molecule has 1 aliphatic rings. The average molecular weight is 592 g/mol. The predicted molar refractivity (Wildman–Crippen MR) is 182 cm³/mol. The van der Waals surface area contributed by atoms with Crippen molar-refractivity contribution in [2.24, 2.45) is 7.05 Å². The van der Waals surface area contributed by atoms with Crippen molar-refractivity contribution >= 4 is 22.9 Å². The highest BCUT2D eigenvalue weighted by Crippen LogP contribution is 2.31. The maximum atomic E-state index is 13.1. The largest absolute Gasteiger partial charge is 0.390 e. The number of aromatic nitrogens is 2. The number of nitrogens with zero attached hydrogens (tertiary/aromatic N) is 3. The number of piperidine rings is 1. The summed E-state index contributed by atoms with van der Waals surface area (Å²) in [5.41, 5.74) is 8.05. The van der Waals surface area contributed by atoms with Gasteiger partial charge in [-0.3, -0.25) is 9.69 Å². The van der Waals surface area contributed by atoms with Gasteiger partial charge in [0.25, 0.3) is 5.56 Å². The first-order valence-electron chi connectivity index (χ1n) is 15.3. The van der Waals surface area contributed by atoms with Crippen molar-refractivity contribution in [1.29, 1.82) is 0 Å². The molecule has 0 unspecified atom stereocenters. The van der Waals surface area contributed by atoms with Gasteiger partial charge in [0.1, 0.15) is 0 Å². The molecule has 1 saturated heterocycles. The van der Waals surface area contributed by atoms with Crippen LogP contribution in [-0.4, -0.2) is 38.2 Å². The highest BCUT2D eigenvalue weighted by molar-refractivity contribution is 5.80. The van der Waals surface area contributed by atoms with E-state index in [4.69, 9.17) is 4.98 Å². The first-order valence-corrected chi connectivity index (χ1v) is 15.3. The normalized spacial score (nSPS) is 15.2. The van der Waals surface area contributed by atoms with Gasteiger partial charge in [-0.1, -0.05) is 75.9 Å². The number of likely N-dealkylation sites (tertiary alicyclic amines) is 1. The first-order chi connectivity index (χ1) is 20.8. The molecule has 0 saturated carbocycles. The lowest BCUT2D eigenvalue weighted by Gasteiger charge is -2.35. The van der Waals surface area contributed by atoms with Crippen molar-refractivity contribution in [3.05, 3.63) is 112 Å². The van der Waals surface area contributed by atoms with Crippen LogP contribution in [0, 0.1) is 6.92 Å². The fourth-order valence-electron chi connectivity index (χ4n) is 5.55. The van der Waals surface area contributed by atoms with E-state index in [0.717, 1.165) is 66.2 Å². The summed E-state index contributed by atoms with van der Waals surface area (Å²) >= 11 is 0. The van der Waals surface area contributed by atoms with Gasteiger partial charge in [0.15, 0.2) is 5.82 Å². The molecule has 230 valence electrons. The third-order valence-corrected chi connectivity index (χ3v) is 8.62. The van der Waals surface area contributed by atoms with Crippen LogP contribution in [0.4, 0.5) is 17.2 Å². The standard InChI is InChI=1S/C37H45N5O2/c1-25-31(9-8-10-32(25)38-26(2)28-13-15-29(16-14-28)36(3,4)5)33-24-41(7)35(43)34(40-33)39-30-17-11-27(12-18-30)23-42-21-19-37(6,44)20-22-42/h8-18,24,38,44H,2,19-23H2,1,3-7H3,(H,39,40). The smallest absolute Gasteiger partial charge is 0.293 e. The minimum absolute atomic E-state index is 0.0931. The number of hydrogen-bond donors (Lipinski definition) is 3. The number of rotatable bonds is 8. The molecule has 7 heteroatoms. The quantitative estimate of drug-likeness (QED) is 0.201. The third kappa shape index (κ3) is 7.29. The summed E-state index contributed by atoms with van der Waals surface area (Å²) in [6.07, 6.45) is 3.35. The van der Waals surface area contributed by atoms with Crippen LogP contribution in [0.2, 0.25) is 0 Å². The number of benzene rings is 3. The molecule has 1 aromatic heterocycles. The molecule has 0 spiro atoms. The van der Waals surface area contributed by atoms with Crippen LogP contribution in [0.3, 0.4) is 0 Å². The maximum Gasteiger partial charge on any atom is 0.293 e. The Bertz CT molecular complexity index is 1690. The molecule has 5 rings (SSSR count). The van der Waals surface area contributed by atoms with Crippen LogP contribution in [0.5, 0.6) is 0 Å². The second kappa shape index (κ2) is 12.4. The van der Waals surface area contributed by atoms with Gasteiger partial charge >= 0.3 is 0 Å². The van der Waals surface area contributed by atoms with Crippen molar-refractivity contribution in [3.63, 3.8) is 0 Å². The Balaban J connectivity index is 1.32. The summed E-state index contributed by atoms with van der Waals surface area (Å²) in [6, 6.07) is 22.7. The van der Waals surface area contributed by atoms with Gasteiger partial charge in [0, 0.05) is 55.5 Å². The van der Waals surface area contributed by atoms with Crippen LogP contribution in [0.15, 0.2) is 84.3 Å². The van der Waals surface area contributed by atoms with Gasteiger partial charge in [-0.25, -0.2) is 4.98 Å². The minimum Gasteiger partial charge on any atom is -0.390 e. The molecule has 0 aliphatic carbocycles. The fourth-order valence-corrected chi connectivity index (χ4v) is 5.55. The molecule has 44 heavy (non-hydrogen) atoms. The Morgan fingerprint density at radius 2 is 1.68 bits per heavy atom. The summed E-state index contributed by atoms with van der Waals surface area (Å²) < 4.78 is 1.57. The fraction of sp³-hybridized carbons (Fsp3) is 0.351. The molecule has 7 nitrogen and oxygen atoms in total. The monoisotopic (exact) mass is 591 g/mol. The van der Waals surface area contributed by atoms with Crippen molar-refractivity contribution in [2.45, 2.75) is 65.0 Å². The van der Waals surface area contributed by atoms with Crippen molar-refractivity contribution < 1.29 is 5.11 Å². The Morgan fingerprint density at radius 3 is 2.32 bits per heavy atom. The summed E-state index contributed by atoms with van der Waals surface area (Å²) in [5, 5.41) is 17.0. The summed E-state index contributed by atoms with van der Waals surface area (Å²) in [4.78, 5) is 20.2. The molecule has 2 heterocycles. The Hall–Kier alpha value is -4.20. The van der Waals surface area contributed by atoms with E-state index in [1.165, 1.54) is 11.1 Å². The van der Waals surface area contributed by atoms with Gasteiger partial charge in [-0.2, -0.15) is 0 Å². The lowest BCUT2D eigenvalue weighted by molar-refractivity contribution is -0.00730. The Kier molecular flexibility index (Phi) is 8.82. The van der Waals surface area contributed by atoms with Gasteiger partial charge in [0.2, 0.25) is 0 Å². The average Bonchev–Trinajstić information content (AvgIpc) is 2.98. The van der Waals surface area contributed by atoms with E-state index in [1.54, 1.807) is 17.8 Å². The molecule has 1 aliphatic heterocycles. The molecule has 3 aromatic carbocycles. The summed E-state index contributed by atoms with van der Waals surface area (Å²) in [5.74, 6) is 0.275. The van der Waals surface area contributed by atoms with Crippen molar-refractivity contribution in [3.8, 4) is 11.3 Å². The molecular formula is C37H45N5O2. The highest BCUT2D eigenvalue weighted by atomic mass is 16.3. The van der Waals surface area contributed by atoms with Crippen LogP contribution >= 0.6 is 0 Å². The lowest BCUT2D eigenvalue weighted by Crippen LogP contribution is -2.41. The molecule has 0 radical (unpaired) electrons. The molecule has 0 bridgehead atoms. The molecular weight excluding hydrogens is 546 g/mol. The third-order valence-electron chi connectivity index (χ3n) is 8.62. The molecule has 0 amide bonds. The van der Waals surface area contributed by atoms with E-state index in [2.05, 4.69) is 86.2 Å². The van der Waals surface area contributed by atoms with Crippen LogP contribution in [-0.2, 0) is 19.0 Å². The van der Waals surface area contributed by atoms with Crippen molar-refractivity contribution in [2.75, 3.05) is 23.7 Å². The van der Waals surface area contributed by atoms with Gasteiger partial charge in [-0.05, 0) is 72.6 Å². The van der Waals surface area contributed by atoms with E-state index in [1.807, 2.05) is 37.3 Å². The van der Waals surface area contributed by atoms with E-state index < -0.39 is 5.60 Å². The van der Waals surface area contributed by atoms with Gasteiger partial charge in [0.05, 0.1) is 11.3 Å². The molecule has 0 atom stereocenters. The van der Waals surface area contributed by atoms with Gasteiger partial charge in [-0.15, -0.1) is 0 Å². The minimum atomic E-state index is -0.554. The number of aryl methyl sites for hydroxylation is 1. The number of aliphatic hydroxyl groups is 1. The van der Waals surface area contributed by atoms with Gasteiger partial charge < -0.3 is 20.3 Å². The summed E-state index contributed by atoms with van der Waals surface area (Å²) in [6.45, 7) is 17.5. The Morgan fingerprint density at radius 1 is 1.02 bits per heavy atom. The van der Waals surface area contributed by atoms with E-state index in [-0.39, 0.29) is 16.8 Å². The zero-order chi connectivity index (χ0) is 31.6. The van der Waals surface area contributed by atoms with E-state index in [0.29, 0.717) is 5.69 Å². The number of nitrogens with one attached hydrogen (secondary N) is 2. The topological polar surface area (TPSA) is 82.4 Å². The van der Waals surface area contributed by atoms with E-state index in [9.17, 15) is 9.90 Å². The molecule has 1 fully saturated rings. The number of anilines is 3.